The Bertz CT molecular complexity index is 3280. The lowest BCUT2D eigenvalue weighted by atomic mass is 10.0. The van der Waals surface area contributed by atoms with Gasteiger partial charge in [-0.25, -0.2) is 14.8 Å². The van der Waals surface area contributed by atoms with E-state index in [0.29, 0.717) is 4.88 Å². The molecule has 0 amide bonds. The molecule has 9 heteroatoms. The third-order valence-electron chi connectivity index (χ3n) is 10.6. The van der Waals surface area contributed by atoms with Crippen molar-refractivity contribution in [1.82, 2.24) is 9.97 Å². The van der Waals surface area contributed by atoms with Crippen LogP contribution in [0, 0.1) is 11.3 Å². The first-order valence-corrected chi connectivity index (χ1v) is 22.6. The van der Waals surface area contributed by atoms with Gasteiger partial charge in [-0.2, -0.15) is 5.26 Å². The third-order valence-corrected chi connectivity index (χ3v) is 14.1. The maximum absolute atomic E-state index is 11.6. The monoisotopic (exact) mass is 866 g/mol. The van der Waals surface area contributed by atoms with Gasteiger partial charge in [0.1, 0.15) is 11.6 Å². The van der Waals surface area contributed by atoms with Gasteiger partial charge in [-0.3, -0.25) is 0 Å². The van der Waals surface area contributed by atoms with Gasteiger partial charge in [0.05, 0.1) is 22.4 Å². The molecule has 0 aliphatic rings. The Morgan fingerprint density at radius 1 is 0.476 bits per heavy atom. The summed E-state index contributed by atoms with van der Waals surface area (Å²) in [5.74, 6) is -1.26. The number of nitrogens with zero attached hydrogens (tertiary/aromatic N) is 4. The maximum Gasteiger partial charge on any atom is 0.346 e. The standard InChI is InChI=1S/C54H34N4O2S3/c55-34-38(54(59)60)33-42-25-28-46(61-42)43-26-27-44(53-52(43)56-50(36-13-5-1-6-14-36)51(57-53)37-15-7-2-8-16-37)47-30-32-49(63-47)48-31-29-45(62-48)35-21-23-41(24-22-35)58(39-17-9-3-10-18-39)40-19-11-4-12-20-40/h1-33H,(H,59,60)/b38-33+. The minimum absolute atomic E-state index is 0.319. The fraction of sp³-hybridized carbons (Fsp3) is 0. The molecule has 0 aliphatic carbocycles. The van der Waals surface area contributed by atoms with Crippen molar-refractivity contribution in [3.63, 3.8) is 0 Å². The lowest BCUT2D eigenvalue weighted by Crippen LogP contribution is -2.09. The number of carbonyl (C=O) groups is 1. The van der Waals surface area contributed by atoms with Gasteiger partial charge >= 0.3 is 5.97 Å². The molecular formula is C54H34N4O2S3. The molecule has 300 valence electrons. The molecule has 1 N–H and O–H groups in total. The average Bonchev–Trinajstić information content (AvgIpc) is 4.14. The number of aromatic nitrogens is 2. The van der Waals surface area contributed by atoms with E-state index in [2.05, 4.69) is 138 Å². The Labute approximate surface area is 376 Å². The SMILES string of the molecule is N#C/C(=C\c1ccc(-c2ccc(-c3ccc(-c4ccc(-c5ccc(N(c6ccccc6)c6ccccc6)cc5)s4)s3)c3nc(-c4ccccc4)c(-c4ccccc4)nc23)s1)C(=O)O. The molecule has 0 aliphatic heterocycles. The second kappa shape index (κ2) is 17.3. The van der Waals surface area contributed by atoms with E-state index < -0.39 is 5.97 Å². The van der Waals surface area contributed by atoms with Crippen LogP contribution in [0.3, 0.4) is 0 Å². The van der Waals surface area contributed by atoms with Crippen LogP contribution in [0.1, 0.15) is 4.88 Å². The van der Waals surface area contributed by atoms with Crippen molar-refractivity contribution in [2.45, 2.75) is 0 Å². The number of hydrogen-bond acceptors (Lipinski definition) is 8. The quantitative estimate of drug-likeness (QED) is 0.103. The minimum Gasteiger partial charge on any atom is -0.477 e. The van der Waals surface area contributed by atoms with Crippen molar-refractivity contribution >= 4 is 74.2 Å². The second-order valence-electron chi connectivity index (χ2n) is 14.6. The van der Waals surface area contributed by atoms with Crippen LogP contribution in [-0.4, -0.2) is 21.0 Å². The summed E-state index contributed by atoms with van der Waals surface area (Å²) in [5.41, 5.74) is 10.9. The fourth-order valence-electron chi connectivity index (χ4n) is 7.60. The summed E-state index contributed by atoms with van der Waals surface area (Å²) in [4.78, 5) is 31.0. The van der Waals surface area contributed by atoms with E-state index in [-0.39, 0.29) is 5.57 Å². The smallest absolute Gasteiger partial charge is 0.346 e. The fourth-order valence-corrected chi connectivity index (χ4v) is 10.7. The van der Waals surface area contributed by atoms with Gasteiger partial charge in [0.2, 0.25) is 0 Å². The van der Waals surface area contributed by atoms with Crippen LogP contribution in [-0.2, 0) is 4.79 Å². The van der Waals surface area contributed by atoms with Crippen LogP contribution in [0.2, 0.25) is 0 Å². The highest BCUT2D eigenvalue weighted by Crippen LogP contribution is 2.45. The molecule has 63 heavy (non-hydrogen) atoms. The van der Waals surface area contributed by atoms with Gasteiger partial charge in [0.25, 0.3) is 0 Å². The average molecular weight is 867 g/mol. The number of rotatable bonds is 11. The van der Waals surface area contributed by atoms with Gasteiger partial charge in [-0.05, 0) is 84.4 Å². The number of para-hydroxylation sites is 2. The molecule has 4 heterocycles. The van der Waals surface area contributed by atoms with Crippen molar-refractivity contribution in [3.8, 4) is 69.7 Å². The van der Waals surface area contributed by atoms with Gasteiger partial charge in [0, 0.05) is 68.6 Å². The van der Waals surface area contributed by atoms with Crippen molar-refractivity contribution in [2.75, 3.05) is 4.90 Å². The number of benzene rings is 6. The number of fused-ring (bicyclic) bond motifs is 1. The van der Waals surface area contributed by atoms with Gasteiger partial charge in [-0.15, -0.1) is 34.0 Å². The zero-order valence-corrected chi connectivity index (χ0v) is 35.9. The first-order valence-electron chi connectivity index (χ1n) is 20.1. The van der Waals surface area contributed by atoms with Crippen LogP contribution in [0.4, 0.5) is 17.1 Å². The van der Waals surface area contributed by atoms with Gasteiger partial charge in [0.15, 0.2) is 0 Å². The van der Waals surface area contributed by atoms with E-state index >= 15 is 0 Å². The molecular weight excluding hydrogens is 833 g/mol. The first-order chi connectivity index (χ1) is 31.0. The van der Waals surface area contributed by atoms with E-state index in [0.717, 1.165) is 81.9 Å². The number of carboxylic acid groups (broad SMARTS) is 1. The summed E-state index contributed by atoms with van der Waals surface area (Å²) in [7, 11) is 0. The largest absolute Gasteiger partial charge is 0.477 e. The summed E-state index contributed by atoms with van der Waals surface area (Å²) in [6, 6.07) is 68.4. The zero-order chi connectivity index (χ0) is 42.7. The molecule has 0 atom stereocenters. The third kappa shape index (κ3) is 7.98. The summed E-state index contributed by atoms with van der Waals surface area (Å²) < 4.78 is 0. The van der Waals surface area contributed by atoms with E-state index in [9.17, 15) is 15.2 Å². The molecule has 0 saturated heterocycles. The number of nitriles is 1. The molecule has 0 unspecified atom stereocenters. The topological polar surface area (TPSA) is 90.1 Å². The Morgan fingerprint density at radius 2 is 0.905 bits per heavy atom. The predicted molar refractivity (Wildman–Crippen MR) is 262 cm³/mol. The van der Waals surface area contributed by atoms with E-state index in [1.165, 1.54) is 27.2 Å². The van der Waals surface area contributed by atoms with E-state index in [1.807, 2.05) is 60.7 Å². The van der Waals surface area contributed by atoms with Crippen LogP contribution in [0.5, 0.6) is 0 Å². The molecule has 10 aromatic rings. The predicted octanol–water partition coefficient (Wildman–Crippen LogP) is 15.3. The Hall–Kier alpha value is -7.74. The van der Waals surface area contributed by atoms with Gasteiger partial charge in [-0.1, -0.05) is 121 Å². The van der Waals surface area contributed by atoms with Crippen LogP contribution in [0.25, 0.3) is 80.7 Å². The highest BCUT2D eigenvalue weighted by atomic mass is 32.1. The van der Waals surface area contributed by atoms with Crippen molar-refractivity contribution in [2.24, 2.45) is 0 Å². The summed E-state index contributed by atoms with van der Waals surface area (Å²) >= 11 is 4.91. The second-order valence-corrected chi connectivity index (χ2v) is 17.9. The molecule has 0 radical (unpaired) electrons. The minimum atomic E-state index is -1.26. The molecule has 0 fully saturated rings. The molecule has 6 aromatic carbocycles. The van der Waals surface area contributed by atoms with Gasteiger partial charge < -0.3 is 10.0 Å². The number of carboxylic acids is 1. The Kier molecular flexibility index (Phi) is 10.8. The van der Waals surface area contributed by atoms with Crippen molar-refractivity contribution in [3.05, 3.63) is 205 Å². The highest BCUT2D eigenvalue weighted by molar-refractivity contribution is 7.25. The van der Waals surface area contributed by atoms with E-state index in [4.69, 9.17) is 9.97 Å². The molecule has 0 saturated carbocycles. The number of aliphatic carboxylic acids is 1. The van der Waals surface area contributed by atoms with E-state index in [1.54, 1.807) is 28.7 Å². The number of thiophene rings is 3. The van der Waals surface area contributed by atoms with Crippen molar-refractivity contribution in [1.29, 1.82) is 5.26 Å². The van der Waals surface area contributed by atoms with Crippen LogP contribution in [0.15, 0.2) is 200 Å². The number of anilines is 3. The Morgan fingerprint density at radius 3 is 1.41 bits per heavy atom. The normalized spacial score (nSPS) is 11.4. The maximum atomic E-state index is 11.6. The lowest BCUT2D eigenvalue weighted by Gasteiger charge is -2.25. The summed E-state index contributed by atoms with van der Waals surface area (Å²) in [6.07, 6.45) is 1.41. The molecule has 0 spiro atoms. The highest BCUT2D eigenvalue weighted by Gasteiger charge is 2.21. The molecule has 6 nitrogen and oxygen atoms in total. The lowest BCUT2D eigenvalue weighted by molar-refractivity contribution is -0.132. The summed E-state index contributed by atoms with van der Waals surface area (Å²) in [6.45, 7) is 0. The molecule has 4 aromatic heterocycles. The van der Waals surface area contributed by atoms with Crippen LogP contribution < -0.4 is 4.90 Å². The van der Waals surface area contributed by atoms with Crippen LogP contribution >= 0.6 is 34.0 Å². The molecule has 0 bridgehead atoms. The first kappa shape index (κ1) is 39.4. The van der Waals surface area contributed by atoms with Crippen molar-refractivity contribution < 1.29 is 9.90 Å². The molecule has 10 rings (SSSR count). The zero-order valence-electron chi connectivity index (χ0n) is 33.4. The number of hydrogen-bond donors (Lipinski definition) is 1. The summed E-state index contributed by atoms with van der Waals surface area (Å²) in [5, 5.41) is 18.9. The Balaban J connectivity index is 1.04.